The van der Waals surface area contributed by atoms with Crippen LogP contribution in [0.5, 0.6) is 5.75 Å². The third kappa shape index (κ3) is 3.27. The number of hydrogen-bond donors (Lipinski definition) is 1. The summed E-state index contributed by atoms with van der Waals surface area (Å²) in [5.74, 6) is 0.303. The van der Waals surface area contributed by atoms with Crippen molar-refractivity contribution in [2.75, 3.05) is 13.1 Å². The minimum atomic E-state index is -0.887. The van der Waals surface area contributed by atoms with Gasteiger partial charge in [0.05, 0.1) is 5.41 Å². The van der Waals surface area contributed by atoms with Crippen molar-refractivity contribution in [3.05, 3.63) is 54.0 Å². The smallest absolute Gasteiger partial charge is 0.311 e. The Morgan fingerprint density at radius 3 is 2.67 bits per heavy atom. The van der Waals surface area contributed by atoms with E-state index in [-0.39, 0.29) is 24.8 Å². The fraction of sp³-hybridized carbons (Fsp3) is 0.333. The summed E-state index contributed by atoms with van der Waals surface area (Å²) in [7, 11) is 0. The first kappa shape index (κ1) is 16.1. The number of ether oxygens (including phenoxy) is 1. The monoisotopic (exact) mass is 329 g/mol. The van der Waals surface area contributed by atoms with Crippen molar-refractivity contribution >= 4 is 11.9 Å². The summed E-state index contributed by atoms with van der Waals surface area (Å²) in [4.78, 5) is 25.2. The van der Waals surface area contributed by atoms with Gasteiger partial charge in [0.2, 0.25) is 0 Å². The largest absolute Gasteiger partial charge is 0.486 e. The Morgan fingerprint density at radius 1 is 1.25 bits per heavy atom. The Bertz CT molecular complexity index is 739. The van der Waals surface area contributed by atoms with Crippen molar-refractivity contribution in [2.45, 2.75) is 20.0 Å². The Morgan fingerprint density at radius 2 is 2.00 bits per heavy atom. The van der Waals surface area contributed by atoms with Gasteiger partial charge >= 0.3 is 5.97 Å². The molecule has 0 spiro atoms. The molecule has 1 N–H and O–H groups in total. The number of carbonyl (C=O) groups is 2. The molecule has 1 aliphatic rings. The summed E-state index contributed by atoms with van der Waals surface area (Å²) >= 11 is 0. The lowest BCUT2D eigenvalue weighted by Crippen LogP contribution is -2.34. The van der Waals surface area contributed by atoms with Gasteiger partial charge in [0.15, 0.2) is 5.76 Å². The zero-order valence-electron chi connectivity index (χ0n) is 13.4. The number of amides is 1. The number of carbonyl (C=O) groups excluding carboxylic acids is 1. The van der Waals surface area contributed by atoms with Gasteiger partial charge in [-0.2, -0.15) is 0 Å². The van der Waals surface area contributed by atoms with E-state index in [4.69, 9.17) is 9.15 Å². The molecule has 2 heterocycles. The van der Waals surface area contributed by atoms with Crippen LogP contribution in [0.15, 0.2) is 46.9 Å². The second-order valence-corrected chi connectivity index (χ2v) is 6.21. The molecule has 1 unspecified atom stereocenters. The summed E-state index contributed by atoms with van der Waals surface area (Å²) in [6.45, 7) is 2.49. The van der Waals surface area contributed by atoms with E-state index in [1.165, 1.54) is 4.90 Å². The number of carboxylic acid groups (broad SMARTS) is 1. The molecule has 1 aliphatic heterocycles. The summed E-state index contributed by atoms with van der Waals surface area (Å²) in [6, 6.07) is 12.6. The maximum absolute atomic E-state index is 12.4. The highest BCUT2D eigenvalue weighted by molar-refractivity contribution is 5.92. The Kier molecular flexibility index (Phi) is 4.29. The summed E-state index contributed by atoms with van der Waals surface area (Å²) in [5.41, 5.74) is -0.887. The minimum Gasteiger partial charge on any atom is -0.486 e. The first-order valence-electron chi connectivity index (χ1n) is 7.77. The number of benzene rings is 1. The SMILES string of the molecule is CC1(C(=O)O)CCN(C(=O)c2ccc(COc3ccccc3)o2)C1. The lowest BCUT2D eigenvalue weighted by atomic mass is 9.90. The van der Waals surface area contributed by atoms with E-state index in [0.29, 0.717) is 18.7 Å². The zero-order chi connectivity index (χ0) is 17.2. The molecule has 1 saturated heterocycles. The predicted molar refractivity (Wildman–Crippen MR) is 85.7 cm³/mol. The van der Waals surface area contributed by atoms with Gasteiger partial charge in [-0.25, -0.2) is 0 Å². The lowest BCUT2D eigenvalue weighted by Gasteiger charge is -2.19. The number of para-hydroxylation sites is 1. The molecule has 6 heteroatoms. The molecule has 24 heavy (non-hydrogen) atoms. The molecule has 0 saturated carbocycles. The van der Waals surface area contributed by atoms with Crippen LogP contribution in [-0.2, 0) is 11.4 Å². The molecule has 1 fully saturated rings. The number of furan rings is 1. The molecule has 2 aromatic rings. The van der Waals surface area contributed by atoms with Gasteiger partial charge in [-0.15, -0.1) is 0 Å². The molecule has 1 amide bonds. The molecular weight excluding hydrogens is 310 g/mol. The molecule has 6 nitrogen and oxygen atoms in total. The average Bonchev–Trinajstić information content (AvgIpc) is 3.21. The summed E-state index contributed by atoms with van der Waals surface area (Å²) < 4.78 is 11.1. The highest BCUT2D eigenvalue weighted by Crippen LogP contribution is 2.31. The van der Waals surface area contributed by atoms with Crippen LogP contribution in [0.3, 0.4) is 0 Å². The number of hydrogen-bond acceptors (Lipinski definition) is 4. The number of aliphatic carboxylic acids is 1. The van der Waals surface area contributed by atoms with E-state index >= 15 is 0 Å². The van der Waals surface area contributed by atoms with Gasteiger partial charge < -0.3 is 19.2 Å². The molecule has 1 aromatic heterocycles. The molecule has 0 aliphatic carbocycles. The first-order valence-corrected chi connectivity index (χ1v) is 7.77. The predicted octanol–water partition coefficient (Wildman–Crippen LogP) is 2.80. The molecule has 0 bridgehead atoms. The van der Waals surface area contributed by atoms with Crippen LogP contribution < -0.4 is 4.74 Å². The van der Waals surface area contributed by atoms with Crippen LogP contribution in [0, 0.1) is 5.41 Å². The van der Waals surface area contributed by atoms with Crippen molar-refractivity contribution in [3.63, 3.8) is 0 Å². The van der Waals surface area contributed by atoms with E-state index in [1.54, 1.807) is 19.1 Å². The van der Waals surface area contributed by atoms with Gasteiger partial charge in [-0.3, -0.25) is 9.59 Å². The lowest BCUT2D eigenvalue weighted by molar-refractivity contribution is -0.147. The van der Waals surface area contributed by atoms with E-state index in [2.05, 4.69) is 0 Å². The van der Waals surface area contributed by atoms with Crippen molar-refractivity contribution in [2.24, 2.45) is 5.41 Å². The summed E-state index contributed by atoms with van der Waals surface area (Å²) in [5, 5.41) is 9.25. The molecule has 1 aromatic carbocycles. The highest BCUT2D eigenvalue weighted by atomic mass is 16.5. The third-order valence-electron chi connectivity index (χ3n) is 4.27. The van der Waals surface area contributed by atoms with Gasteiger partial charge in [-0.1, -0.05) is 18.2 Å². The van der Waals surface area contributed by atoms with Crippen LogP contribution >= 0.6 is 0 Å². The minimum absolute atomic E-state index is 0.192. The zero-order valence-corrected chi connectivity index (χ0v) is 13.4. The van der Waals surface area contributed by atoms with E-state index < -0.39 is 11.4 Å². The first-order chi connectivity index (χ1) is 11.5. The second-order valence-electron chi connectivity index (χ2n) is 6.21. The normalized spacial score (nSPS) is 20.1. The quantitative estimate of drug-likeness (QED) is 0.912. The Hall–Kier alpha value is -2.76. The van der Waals surface area contributed by atoms with Crippen LogP contribution in [-0.4, -0.2) is 35.0 Å². The van der Waals surface area contributed by atoms with Gasteiger partial charge in [0, 0.05) is 13.1 Å². The number of rotatable bonds is 5. The van der Waals surface area contributed by atoms with Gasteiger partial charge in [0.1, 0.15) is 18.1 Å². The molecular formula is C18H19NO5. The third-order valence-corrected chi connectivity index (χ3v) is 4.27. The second kappa shape index (κ2) is 6.39. The van der Waals surface area contributed by atoms with Gasteiger partial charge in [-0.05, 0) is 37.6 Å². The van der Waals surface area contributed by atoms with Crippen molar-refractivity contribution < 1.29 is 23.8 Å². The fourth-order valence-corrected chi connectivity index (χ4v) is 2.71. The standard InChI is InChI=1S/C18H19NO5/c1-18(17(21)22)9-10-19(12-18)16(20)15-8-7-14(24-15)11-23-13-5-3-2-4-6-13/h2-8H,9-12H2,1H3,(H,21,22). The van der Waals surface area contributed by atoms with E-state index in [1.807, 2.05) is 30.3 Å². The Balaban J connectivity index is 1.61. The number of carboxylic acids is 1. The van der Waals surface area contributed by atoms with E-state index in [9.17, 15) is 14.7 Å². The van der Waals surface area contributed by atoms with Crippen LogP contribution in [0.4, 0.5) is 0 Å². The van der Waals surface area contributed by atoms with E-state index in [0.717, 1.165) is 5.75 Å². The molecule has 1 atom stereocenters. The molecule has 126 valence electrons. The maximum atomic E-state index is 12.4. The fourth-order valence-electron chi connectivity index (χ4n) is 2.71. The number of nitrogens with zero attached hydrogens (tertiary/aromatic N) is 1. The van der Waals surface area contributed by atoms with Crippen molar-refractivity contribution in [1.82, 2.24) is 4.90 Å². The topological polar surface area (TPSA) is 80.0 Å². The van der Waals surface area contributed by atoms with Crippen molar-refractivity contribution in [3.8, 4) is 5.75 Å². The molecule has 3 rings (SSSR count). The van der Waals surface area contributed by atoms with Crippen LogP contribution in [0.2, 0.25) is 0 Å². The number of likely N-dealkylation sites (tertiary alicyclic amines) is 1. The highest BCUT2D eigenvalue weighted by Gasteiger charge is 2.42. The summed E-state index contributed by atoms with van der Waals surface area (Å²) in [6.07, 6.45) is 0.443. The molecule has 0 radical (unpaired) electrons. The van der Waals surface area contributed by atoms with Gasteiger partial charge in [0.25, 0.3) is 5.91 Å². The maximum Gasteiger partial charge on any atom is 0.311 e. The van der Waals surface area contributed by atoms with Crippen LogP contribution in [0.1, 0.15) is 29.7 Å². The average molecular weight is 329 g/mol. The van der Waals surface area contributed by atoms with Crippen molar-refractivity contribution in [1.29, 1.82) is 0 Å². The van der Waals surface area contributed by atoms with Crippen LogP contribution in [0.25, 0.3) is 0 Å². The Labute approximate surface area is 139 Å².